The number of urea groups is 1. The maximum atomic E-state index is 13.2. The maximum Gasteiger partial charge on any atom is 0.325 e. The standard InChI is InChI=1S/C22H25N3O3/c1-22(18-12-8-10-16-9-4-5-11-17(16)18)20(27)25(21(28)23-22)15-19(26)24-13-6-2-3-7-14-24/h4-5,8-12H,2-3,6-7,13-15H2,1H3,(H,23,28)/t22-/m0/s1. The Morgan fingerprint density at radius 2 is 1.68 bits per heavy atom. The van der Waals surface area contributed by atoms with Crippen LogP contribution in [0.25, 0.3) is 10.8 Å². The Balaban J connectivity index is 1.60. The van der Waals surface area contributed by atoms with Gasteiger partial charge in [-0.2, -0.15) is 0 Å². The molecule has 6 heteroatoms. The number of amides is 4. The zero-order chi connectivity index (χ0) is 19.7. The summed E-state index contributed by atoms with van der Waals surface area (Å²) in [5, 5.41) is 4.75. The van der Waals surface area contributed by atoms with Crippen LogP contribution in [-0.2, 0) is 15.1 Å². The lowest BCUT2D eigenvalue weighted by Crippen LogP contribution is -2.44. The fourth-order valence-electron chi connectivity index (χ4n) is 4.24. The van der Waals surface area contributed by atoms with Crippen molar-refractivity contribution in [3.05, 3.63) is 48.0 Å². The Labute approximate surface area is 164 Å². The molecule has 0 aliphatic carbocycles. The van der Waals surface area contributed by atoms with E-state index in [1.54, 1.807) is 11.8 Å². The summed E-state index contributed by atoms with van der Waals surface area (Å²) in [5.74, 6) is -0.537. The van der Waals surface area contributed by atoms with Crippen LogP contribution in [0.5, 0.6) is 0 Å². The van der Waals surface area contributed by atoms with Gasteiger partial charge in [0.25, 0.3) is 5.91 Å². The van der Waals surface area contributed by atoms with Gasteiger partial charge in [-0.3, -0.25) is 14.5 Å². The highest BCUT2D eigenvalue weighted by atomic mass is 16.2. The quantitative estimate of drug-likeness (QED) is 0.834. The van der Waals surface area contributed by atoms with Crippen molar-refractivity contribution < 1.29 is 14.4 Å². The summed E-state index contributed by atoms with van der Waals surface area (Å²) >= 11 is 0. The smallest absolute Gasteiger partial charge is 0.325 e. The predicted octanol–water partition coefficient (Wildman–Crippen LogP) is 3.01. The van der Waals surface area contributed by atoms with E-state index in [-0.39, 0.29) is 18.4 Å². The van der Waals surface area contributed by atoms with Gasteiger partial charge >= 0.3 is 6.03 Å². The first-order valence-electron chi connectivity index (χ1n) is 9.91. The van der Waals surface area contributed by atoms with Crippen molar-refractivity contribution in [3.8, 4) is 0 Å². The van der Waals surface area contributed by atoms with Crippen LogP contribution in [0.2, 0.25) is 0 Å². The van der Waals surface area contributed by atoms with Gasteiger partial charge in [-0.25, -0.2) is 4.79 Å². The Bertz CT molecular complexity index is 928. The molecule has 4 amide bonds. The summed E-state index contributed by atoms with van der Waals surface area (Å²) in [5.41, 5.74) is -0.439. The molecule has 4 rings (SSSR count). The Kier molecular flexibility index (Phi) is 4.79. The van der Waals surface area contributed by atoms with Gasteiger partial charge in [0.2, 0.25) is 5.91 Å². The number of fused-ring (bicyclic) bond motifs is 1. The first kappa shape index (κ1) is 18.5. The van der Waals surface area contributed by atoms with E-state index in [1.807, 2.05) is 42.5 Å². The second kappa shape index (κ2) is 7.26. The molecule has 0 saturated carbocycles. The van der Waals surface area contributed by atoms with Crippen molar-refractivity contribution in [2.45, 2.75) is 38.1 Å². The minimum Gasteiger partial charge on any atom is -0.341 e. The third-order valence-corrected chi connectivity index (χ3v) is 5.86. The first-order chi connectivity index (χ1) is 13.5. The molecule has 2 aliphatic rings. The fraction of sp³-hybridized carbons (Fsp3) is 0.409. The SMILES string of the molecule is C[C@@]1(c2cccc3ccccc23)NC(=O)N(CC(=O)N2CCCCCC2)C1=O. The molecule has 2 aromatic carbocycles. The van der Waals surface area contributed by atoms with E-state index in [0.29, 0.717) is 13.1 Å². The highest BCUT2D eigenvalue weighted by Gasteiger charge is 2.50. The fourth-order valence-corrected chi connectivity index (χ4v) is 4.24. The van der Waals surface area contributed by atoms with Crippen molar-refractivity contribution in [1.82, 2.24) is 15.1 Å². The van der Waals surface area contributed by atoms with Crippen LogP contribution >= 0.6 is 0 Å². The van der Waals surface area contributed by atoms with Gasteiger partial charge in [0, 0.05) is 13.1 Å². The van der Waals surface area contributed by atoms with Crippen molar-refractivity contribution >= 4 is 28.6 Å². The summed E-state index contributed by atoms with van der Waals surface area (Å²) in [6.45, 7) is 2.91. The van der Waals surface area contributed by atoms with Crippen LogP contribution in [0.3, 0.4) is 0 Å². The molecule has 1 N–H and O–H groups in total. The molecule has 0 aromatic heterocycles. The van der Waals surface area contributed by atoms with Gasteiger partial charge in [0.15, 0.2) is 0 Å². The van der Waals surface area contributed by atoms with Gasteiger partial charge in [0.05, 0.1) is 0 Å². The molecule has 28 heavy (non-hydrogen) atoms. The highest BCUT2D eigenvalue weighted by molar-refractivity contribution is 6.10. The number of imide groups is 1. The summed E-state index contributed by atoms with van der Waals surface area (Å²) < 4.78 is 0. The van der Waals surface area contributed by atoms with E-state index < -0.39 is 11.6 Å². The maximum absolute atomic E-state index is 13.2. The van der Waals surface area contributed by atoms with Gasteiger partial charge in [-0.1, -0.05) is 55.3 Å². The number of hydrogen-bond acceptors (Lipinski definition) is 3. The van der Waals surface area contributed by atoms with E-state index in [4.69, 9.17) is 0 Å². The number of rotatable bonds is 3. The van der Waals surface area contributed by atoms with Gasteiger partial charge in [-0.05, 0) is 36.1 Å². The van der Waals surface area contributed by atoms with Crippen LogP contribution in [0.1, 0.15) is 38.2 Å². The van der Waals surface area contributed by atoms with E-state index in [1.165, 1.54) is 0 Å². The van der Waals surface area contributed by atoms with Gasteiger partial charge < -0.3 is 10.2 Å². The molecule has 0 bridgehead atoms. The third-order valence-electron chi connectivity index (χ3n) is 5.86. The molecule has 0 spiro atoms. The van der Waals surface area contributed by atoms with E-state index >= 15 is 0 Å². The van der Waals surface area contributed by atoms with E-state index in [9.17, 15) is 14.4 Å². The number of nitrogens with zero attached hydrogens (tertiary/aromatic N) is 2. The molecule has 6 nitrogen and oxygen atoms in total. The molecule has 146 valence electrons. The lowest BCUT2D eigenvalue weighted by atomic mass is 9.88. The van der Waals surface area contributed by atoms with Crippen molar-refractivity contribution in [2.24, 2.45) is 0 Å². The van der Waals surface area contributed by atoms with Crippen LogP contribution < -0.4 is 5.32 Å². The number of likely N-dealkylation sites (tertiary alicyclic amines) is 1. The monoisotopic (exact) mass is 379 g/mol. The van der Waals surface area contributed by atoms with Crippen molar-refractivity contribution in [2.75, 3.05) is 19.6 Å². The molecule has 0 unspecified atom stereocenters. The zero-order valence-corrected chi connectivity index (χ0v) is 16.1. The number of carbonyl (C=O) groups excluding carboxylic acids is 3. The van der Waals surface area contributed by atoms with Gasteiger partial charge in [0.1, 0.15) is 12.1 Å². The van der Waals surface area contributed by atoms with Crippen LogP contribution in [0.4, 0.5) is 4.79 Å². The molecule has 2 aromatic rings. The number of hydrogen-bond donors (Lipinski definition) is 1. The lowest BCUT2D eigenvalue weighted by Gasteiger charge is -2.25. The minimum atomic E-state index is -1.18. The van der Waals surface area contributed by atoms with Crippen molar-refractivity contribution in [3.63, 3.8) is 0 Å². The van der Waals surface area contributed by atoms with Gasteiger partial charge in [-0.15, -0.1) is 0 Å². The second-order valence-electron chi connectivity index (χ2n) is 7.77. The third kappa shape index (κ3) is 3.13. The van der Waals surface area contributed by atoms with E-state index in [2.05, 4.69) is 5.32 Å². The predicted molar refractivity (Wildman–Crippen MR) is 107 cm³/mol. The summed E-state index contributed by atoms with van der Waals surface area (Å²) in [6, 6.07) is 13.0. The molecule has 2 aliphatic heterocycles. The molecular weight excluding hydrogens is 354 g/mol. The van der Waals surface area contributed by atoms with E-state index in [0.717, 1.165) is 46.9 Å². The topological polar surface area (TPSA) is 69.7 Å². The van der Waals surface area contributed by atoms with Crippen molar-refractivity contribution in [1.29, 1.82) is 0 Å². The molecule has 2 heterocycles. The molecule has 0 radical (unpaired) electrons. The normalized spacial score (nSPS) is 23.0. The van der Waals surface area contributed by atoms with Crippen LogP contribution in [0, 0.1) is 0 Å². The summed E-state index contributed by atoms with van der Waals surface area (Å²) in [7, 11) is 0. The number of nitrogens with one attached hydrogen (secondary N) is 1. The Morgan fingerprint density at radius 1 is 1.00 bits per heavy atom. The average molecular weight is 379 g/mol. The lowest BCUT2D eigenvalue weighted by molar-refractivity contribution is -0.138. The first-order valence-corrected chi connectivity index (χ1v) is 9.91. The summed E-state index contributed by atoms with van der Waals surface area (Å²) in [4.78, 5) is 41.4. The number of benzene rings is 2. The Hall–Kier alpha value is -2.89. The summed E-state index contributed by atoms with van der Waals surface area (Å²) in [6.07, 6.45) is 4.18. The molecular formula is C22H25N3O3. The molecule has 1 atom stereocenters. The Morgan fingerprint density at radius 3 is 2.43 bits per heavy atom. The van der Waals surface area contributed by atoms with Crippen LogP contribution in [0.15, 0.2) is 42.5 Å². The second-order valence-corrected chi connectivity index (χ2v) is 7.77. The zero-order valence-electron chi connectivity index (χ0n) is 16.1. The molecule has 2 fully saturated rings. The molecule has 2 saturated heterocycles. The minimum absolute atomic E-state index is 0.160. The largest absolute Gasteiger partial charge is 0.341 e. The average Bonchev–Trinajstić information content (AvgIpc) is 2.91. The number of carbonyl (C=O) groups is 3. The van der Waals surface area contributed by atoms with Crippen LogP contribution in [-0.4, -0.2) is 47.3 Å². The highest BCUT2D eigenvalue weighted by Crippen LogP contribution is 2.33.